The maximum Gasteiger partial charge on any atom is 0.255 e. The van der Waals surface area contributed by atoms with E-state index in [1.165, 1.54) is 5.56 Å². The van der Waals surface area contributed by atoms with Crippen LogP contribution in [0.15, 0.2) is 72.9 Å². The lowest BCUT2D eigenvalue weighted by Crippen LogP contribution is -2.31. The van der Waals surface area contributed by atoms with Crippen LogP contribution in [0, 0.1) is 11.3 Å². The molecule has 0 aliphatic rings. The van der Waals surface area contributed by atoms with Gasteiger partial charge in [0.05, 0.1) is 11.3 Å². The zero-order chi connectivity index (χ0) is 19.9. The number of carbonyl (C=O) groups excluding carboxylic acids is 1. The van der Waals surface area contributed by atoms with Crippen molar-refractivity contribution in [2.75, 3.05) is 10.2 Å². The van der Waals surface area contributed by atoms with E-state index in [-0.39, 0.29) is 11.9 Å². The van der Waals surface area contributed by atoms with Crippen LogP contribution in [0.4, 0.5) is 11.5 Å². The van der Waals surface area contributed by atoms with Gasteiger partial charge in [-0.05, 0) is 43.7 Å². The van der Waals surface area contributed by atoms with Crippen LogP contribution in [0.3, 0.4) is 0 Å². The molecule has 3 rings (SSSR count). The Bertz CT molecular complexity index is 993. The molecule has 5 nitrogen and oxygen atoms in total. The van der Waals surface area contributed by atoms with Gasteiger partial charge in [0.1, 0.15) is 11.9 Å². The maximum absolute atomic E-state index is 12.7. The van der Waals surface area contributed by atoms with Crippen LogP contribution < -0.4 is 10.2 Å². The molecule has 0 aliphatic carbocycles. The Morgan fingerprint density at radius 3 is 2.54 bits per heavy atom. The third kappa shape index (κ3) is 4.54. The fourth-order valence-electron chi connectivity index (χ4n) is 2.91. The summed E-state index contributed by atoms with van der Waals surface area (Å²) in [6.45, 7) is 4.90. The number of amides is 1. The van der Waals surface area contributed by atoms with E-state index in [9.17, 15) is 10.1 Å². The van der Waals surface area contributed by atoms with Crippen LogP contribution in [0.1, 0.15) is 35.3 Å². The average Bonchev–Trinajstić information content (AvgIpc) is 2.73. The van der Waals surface area contributed by atoms with Gasteiger partial charge in [0, 0.05) is 24.3 Å². The number of hydrogen-bond acceptors (Lipinski definition) is 4. The van der Waals surface area contributed by atoms with Crippen LogP contribution in [0.2, 0.25) is 0 Å². The molecule has 0 radical (unpaired) electrons. The Kier molecular flexibility index (Phi) is 6.03. The van der Waals surface area contributed by atoms with E-state index < -0.39 is 0 Å². The predicted molar refractivity (Wildman–Crippen MR) is 111 cm³/mol. The molecule has 1 N–H and O–H groups in total. The number of carbonyl (C=O) groups is 1. The molecule has 0 bridgehead atoms. The number of rotatable bonds is 6. The van der Waals surface area contributed by atoms with Crippen molar-refractivity contribution in [3.05, 3.63) is 89.6 Å². The van der Waals surface area contributed by atoms with Crippen molar-refractivity contribution >= 4 is 17.4 Å². The van der Waals surface area contributed by atoms with Crippen molar-refractivity contribution < 1.29 is 4.79 Å². The van der Waals surface area contributed by atoms with Gasteiger partial charge >= 0.3 is 0 Å². The van der Waals surface area contributed by atoms with Crippen LogP contribution in [0.25, 0.3) is 0 Å². The number of nitrogens with one attached hydrogen (secondary N) is 1. The number of nitriles is 1. The van der Waals surface area contributed by atoms with Gasteiger partial charge in [-0.2, -0.15) is 5.26 Å². The fourth-order valence-corrected chi connectivity index (χ4v) is 2.91. The lowest BCUT2D eigenvalue weighted by Gasteiger charge is -2.28. The summed E-state index contributed by atoms with van der Waals surface area (Å²) in [6, 6.07) is 22.9. The monoisotopic (exact) mass is 370 g/mol. The molecule has 3 aromatic rings. The number of benzene rings is 2. The molecular formula is C23H22N4O. The van der Waals surface area contributed by atoms with Crippen LogP contribution in [-0.4, -0.2) is 16.9 Å². The molecule has 0 fully saturated rings. The zero-order valence-electron chi connectivity index (χ0n) is 16.0. The summed E-state index contributed by atoms with van der Waals surface area (Å²) >= 11 is 0. The molecule has 140 valence electrons. The van der Waals surface area contributed by atoms with E-state index in [1.54, 1.807) is 42.6 Å². The van der Waals surface area contributed by atoms with Gasteiger partial charge in [0.2, 0.25) is 0 Å². The summed E-state index contributed by atoms with van der Waals surface area (Å²) in [5, 5.41) is 12.0. The summed E-state index contributed by atoms with van der Waals surface area (Å²) in [6.07, 6.45) is 1.64. The second-order valence-corrected chi connectivity index (χ2v) is 6.72. The van der Waals surface area contributed by atoms with E-state index in [0.717, 1.165) is 5.82 Å². The molecule has 0 saturated heterocycles. The Morgan fingerprint density at radius 2 is 1.82 bits per heavy atom. The molecule has 0 unspecified atom stereocenters. The summed E-state index contributed by atoms with van der Waals surface area (Å²) < 4.78 is 0. The van der Waals surface area contributed by atoms with Crippen molar-refractivity contribution in [3.63, 3.8) is 0 Å². The van der Waals surface area contributed by atoms with Crippen molar-refractivity contribution in [3.8, 4) is 6.07 Å². The number of aromatic nitrogens is 1. The Balaban J connectivity index is 1.84. The molecule has 1 aromatic heterocycles. The molecule has 1 amide bonds. The minimum Gasteiger partial charge on any atom is -0.350 e. The van der Waals surface area contributed by atoms with E-state index in [2.05, 4.69) is 47.3 Å². The Hall–Kier alpha value is -3.65. The van der Waals surface area contributed by atoms with Gasteiger partial charge in [0.15, 0.2) is 0 Å². The minimum absolute atomic E-state index is 0.213. The molecule has 1 heterocycles. The normalized spacial score (nSPS) is 10.4. The second kappa shape index (κ2) is 8.83. The molecule has 28 heavy (non-hydrogen) atoms. The topological polar surface area (TPSA) is 69.0 Å². The van der Waals surface area contributed by atoms with E-state index in [0.29, 0.717) is 23.4 Å². The highest BCUT2D eigenvalue weighted by atomic mass is 16.1. The number of para-hydroxylation sites is 1. The van der Waals surface area contributed by atoms with Crippen molar-refractivity contribution in [1.82, 2.24) is 4.98 Å². The third-order valence-electron chi connectivity index (χ3n) is 4.42. The van der Waals surface area contributed by atoms with Crippen LogP contribution >= 0.6 is 0 Å². The van der Waals surface area contributed by atoms with Crippen molar-refractivity contribution in [1.29, 1.82) is 5.26 Å². The summed E-state index contributed by atoms with van der Waals surface area (Å²) in [7, 11) is 0. The fraction of sp³-hybridized carbons (Fsp3) is 0.174. The molecular weight excluding hydrogens is 348 g/mol. The summed E-state index contributed by atoms with van der Waals surface area (Å²) in [5.41, 5.74) is 2.60. The van der Waals surface area contributed by atoms with E-state index >= 15 is 0 Å². The predicted octanol–water partition coefficient (Wildman–Crippen LogP) is 4.62. The average molecular weight is 370 g/mol. The van der Waals surface area contributed by atoms with Crippen LogP contribution in [-0.2, 0) is 6.54 Å². The standard InChI is InChI=1S/C23H22N4O/c1-17(2)27(16-18-8-4-3-5-9-18)22-14-19(12-13-25-22)23(28)26-21-11-7-6-10-20(21)15-24/h3-14,17H,16H2,1-2H3,(H,26,28). The van der Waals surface area contributed by atoms with E-state index in [4.69, 9.17) is 0 Å². The van der Waals surface area contributed by atoms with Gasteiger partial charge in [-0.25, -0.2) is 4.98 Å². The number of nitrogens with zero attached hydrogens (tertiary/aromatic N) is 3. The lowest BCUT2D eigenvalue weighted by molar-refractivity contribution is 0.102. The molecule has 0 spiro atoms. The van der Waals surface area contributed by atoms with Gasteiger partial charge in [-0.3, -0.25) is 4.79 Å². The zero-order valence-corrected chi connectivity index (χ0v) is 16.0. The minimum atomic E-state index is -0.269. The first-order valence-corrected chi connectivity index (χ1v) is 9.15. The highest BCUT2D eigenvalue weighted by Crippen LogP contribution is 2.20. The number of anilines is 2. The first-order valence-electron chi connectivity index (χ1n) is 9.15. The van der Waals surface area contributed by atoms with Gasteiger partial charge in [0.25, 0.3) is 5.91 Å². The first kappa shape index (κ1) is 19.1. The smallest absolute Gasteiger partial charge is 0.255 e. The van der Waals surface area contributed by atoms with Crippen molar-refractivity contribution in [2.24, 2.45) is 0 Å². The summed E-state index contributed by atoms with van der Waals surface area (Å²) in [4.78, 5) is 19.3. The molecule has 2 aromatic carbocycles. The maximum atomic E-state index is 12.7. The Labute approximate surface area is 165 Å². The van der Waals surface area contributed by atoms with E-state index in [1.807, 2.05) is 18.2 Å². The Morgan fingerprint density at radius 1 is 1.11 bits per heavy atom. The van der Waals surface area contributed by atoms with Gasteiger partial charge < -0.3 is 10.2 Å². The third-order valence-corrected chi connectivity index (χ3v) is 4.42. The SMILES string of the molecule is CC(C)N(Cc1ccccc1)c1cc(C(=O)Nc2ccccc2C#N)ccn1. The van der Waals surface area contributed by atoms with Crippen molar-refractivity contribution in [2.45, 2.75) is 26.4 Å². The quantitative estimate of drug-likeness (QED) is 0.687. The highest BCUT2D eigenvalue weighted by molar-refractivity contribution is 6.05. The second-order valence-electron chi connectivity index (χ2n) is 6.72. The van der Waals surface area contributed by atoms with Crippen LogP contribution in [0.5, 0.6) is 0 Å². The largest absolute Gasteiger partial charge is 0.350 e. The molecule has 0 aliphatic heterocycles. The molecule has 0 saturated carbocycles. The number of hydrogen-bond donors (Lipinski definition) is 1. The van der Waals surface area contributed by atoms with Gasteiger partial charge in [-0.15, -0.1) is 0 Å². The summed E-state index contributed by atoms with van der Waals surface area (Å²) in [5.74, 6) is 0.467. The van der Waals surface area contributed by atoms with Gasteiger partial charge in [-0.1, -0.05) is 42.5 Å². The number of pyridine rings is 1. The molecule has 5 heteroatoms. The first-order chi connectivity index (χ1) is 13.6. The molecule has 0 atom stereocenters. The lowest BCUT2D eigenvalue weighted by atomic mass is 10.1. The highest BCUT2D eigenvalue weighted by Gasteiger charge is 2.16.